The zero-order valence-corrected chi connectivity index (χ0v) is 17.5. The number of nitriles is 1. The number of carbonyl (C=O) groups excluding carboxylic acids is 2. The first kappa shape index (κ1) is 22.5. The summed E-state index contributed by atoms with van der Waals surface area (Å²) < 4.78 is 0. The summed E-state index contributed by atoms with van der Waals surface area (Å²) >= 11 is 0. The van der Waals surface area contributed by atoms with Crippen LogP contribution in [0.25, 0.3) is 0 Å². The second-order valence-corrected chi connectivity index (χ2v) is 7.94. The van der Waals surface area contributed by atoms with E-state index in [1.807, 2.05) is 54.6 Å². The highest BCUT2D eigenvalue weighted by Gasteiger charge is 2.40. The van der Waals surface area contributed by atoms with Crippen molar-refractivity contribution in [2.75, 3.05) is 6.54 Å². The van der Waals surface area contributed by atoms with Gasteiger partial charge in [0.25, 0.3) is 0 Å². The van der Waals surface area contributed by atoms with Crippen LogP contribution in [0.4, 0.5) is 0 Å². The first-order valence-corrected chi connectivity index (χ1v) is 10.6. The SMILES string of the molecule is N#CC1CC(C(=O)NCc2ccc(CN)cc2)N(C(=O)C(N)CCc2ccccc2)C1. The monoisotopic (exact) mass is 419 g/mol. The third kappa shape index (κ3) is 5.91. The first-order chi connectivity index (χ1) is 15.0. The molecular weight excluding hydrogens is 390 g/mol. The van der Waals surface area contributed by atoms with Gasteiger partial charge in [0.15, 0.2) is 0 Å². The van der Waals surface area contributed by atoms with Crippen LogP contribution in [0.3, 0.4) is 0 Å². The Hall–Kier alpha value is -3.21. The lowest BCUT2D eigenvalue weighted by molar-refractivity contribution is -0.139. The van der Waals surface area contributed by atoms with Crippen LogP contribution in [0.2, 0.25) is 0 Å². The van der Waals surface area contributed by atoms with Crippen molar-refractivity contribution in [1.29, 1.82) is 5.26 Å². The minimum Gasteiger partial charge on any atom is -0.350 e. The van der Waals surface area contributed by atoms with Gasteiger partial charge in [-0.25, -0.2) is 0 Å². The van der Waals surface area contributed by atoms with Crippen LogP contribution < -0.4 is 16.8 Å². The smallest absolute Gasteiger partial charge is 0.243 e. The van der Waals surface area contributed by atoms with Crippen LogP contribution in [0.1, 0.15) is 29.5 Å². The maximum Gasteiger partial charge on any atom is 0.243 e. The number of benzene rings is 2. The minimum atomic E-state index is -0.711. The van der Waals surface area contributed by atoms with E-state index in [0.717, 1.165) is 16.7 Å². The number of nitrogens with one attached hydrogen (secondary N) is 1. The zero-order valence-electron chi connectivity index (χ0n) is 17.5. The van der Waals surface area contributed by atoms with Gasteiger partial charge in [-0.1, -0.05) is 54.6 Å². The van der Waals surface area contributed by atoms with E-state index < -0.39 is 12.1 Å². The molecule has 1 saturated heterocycles. The first-order valence-electron chi connectivity index (χ1n) is 10.6. The van der Waals surface area contributed by atoms with Crippen molar-refractivity contribution in [2.24, 2.45) is 17.4 Å². The summed E-state index contributed by atoms with van der Waals surface area (Å²) in [7, 11) is 0. The van der Waals surface area contributed by atoms with Gasteiger partial charge in [0.2, 0.25) is 11.8 Å². The van der Waals surface area contributed by atoms with Crippen molar-refractivity contribution in [3.8, 4) is 6.07 Å². The molecule has 1 aliphatic heterocycles. The van der Waals surface area contributed by atoms with E-state index in [4.69, 9.17) is 11.5 Å². The number of rotatable bonds is 8. The van der Waals surface area contributed by atoms with Gasteiger partial charge >= 0.3 is 0 Å². The molecule has 3 unspecified atom stereocenters. The van der Waals surface area contributed by atoms with Crippen molar-refractivity contribution >= 4 is 11.8 Å². The molecule has 5 N–H and O–H groups in total. The maximum atomic E-state index is 13.0. The highest BCUT2D eigenvalue weighted by Crippen LogP contribution is 2.24. The fraction of sp³-hybridized carbons (Fsp3) is 0.375. The molecule has 2 amide bonds. The van der Waals surface area contributed by atoms with Crippen molar-refractivity contribution in [3.63, 3.8) is 0 Å². The van der Waals surface area contributed by atoms with Crippen LogP contribution in [-0.2, 0) is 29.1 Å². The van der Waals surface area contributed by atoms with Crippen LogP contribution in [0.15, 0.2) is 54.6 Å². The molecule has 2 aromatic rings. The fourth-order valence-electron chi connectivity index (χ4n) is 3.83. The highest BCUT2D eigenvalue weighted by atomic mass is 16.2. The number of aryl methyl sites for hydroxylation is 1. The number of hydrogen-bond acceptors (Lipinski definition) is 5. The number of nitrogens with two attached hydrogens (primary N) is 2. The highest BCUT2D eigenvalue weighted by molar-refractivity contribution is 5.90. The summed E-state index contributed by atoms with van der Waals surface area (Å²) in [4.78, 5) is 27.3. The van der Waals surface area contributed by atoms with Crippen LogP contribution in [0, 0.1) is 17.2 Å². The average Bonchev–Trinajstić information content (AvgIpc) is 3.26. The molecule has 3 rings (SSSR count). The van der Waals surface area contributed by atoms with Crippen molar-refractivity contribution in [3.05, 3.63) is 71.3 Å². The van der Waals surface area contributed by atoms with Gasteiger partial charge in [-0.3, -0.25) is 9.59 Å². The average molecular weight is 420 g/mol. The normalized spacial score (nSPS) is 18.9. The second kappa shape index (κ2) is 10.7. The molecule has 7 heteroatoms. The van der Waals surface area contributed by atoms with E-state index in [0.29, 0.717) is 32.4 Å². The Morgan fingerprint density at radius 1 is 1.10 bits per heavy atom. The molecule has 1 fully saturated rings. The summed E-state index contributed by atoms with van der Waals surface area (Å²) in [5.41, 5.74) is 14.8. The van der Waals surface area contributed by atoms with Crippen LogP contribution in [0.5, 0.6) is 0 Å². The molecule has 162 valence electrons. The Morgan fingerprint density at radius 3 is 2.42 bits per heavy atom. The summed E-state index contributed by atoms with van der Waals surface area (Å²) in [6.07, 6.45) is 1.49. The summed E-state index contributed by atoms with van der Waals surface area (Å²) in [6.45, 7) is 1.04. The molecule has 7 nitrogen and oxygen atoms in total. The number of carbonyl (C=O) groups is 2. The molecular formula is C24H29N5O2. The predicted molar refractivity (Wildman–Crippen MR) is 118 cm³/mol. The maximum absolute atomic E-state index is 13.0. The Morgan fingerprint density at radius 2 is 1.77 bits per heavy atom. The fourth-order valence-corrected chi connectivity index (χ4v) is 3.83. The van der Waals surface area contributed by atoms with Gasteiger partial charge in [0, 0.05) is 19.6 Å². The van der Waals surface area contributed by atoms with Crippen molar-refractivity contribution in [2.45, 2.75) is 44.4 Å². The van der Waals surface area contributed by atoms with Gasteiger partial charge in [0.05, 0.1) is 18.0 Å². The molecule has 0 bridgehead atoms. The van der Waals surface area contributed by atoms with Crippen LogP contribution >= 0.6 is 0 Å². The third-order valence-electron chi connectivity index (χ3n) is 5.70. The Kier molecular flexibility index (Phi) is 7.76. The summed E-state index contributed by atoms with van der Waals surface area (Å²) in [5.74, 6) is -0.907. The standard InChI is InChI=1S/C24H29N5O2/c25-13-18-6-8-19(9-7-18)15-28-23(30)22-12-20(14-26)16-29(22)24(31)21(27)11-10-17-4-2-1-3-5-17/h1-9,20-22H,10-13,15-16,25,27H2,(H,28,30). The van der Waals surface area contributed by atoms with E-state index in [1.165, 1.54) is 4.90 Å². The van der Waals surface area contributed by atoms with Crippen molar-refractivity contribution in [1.82, 2.24) is 10.2 Å². The predicted octanol–water partition coefficient (Wildman–Crippen LogP) is 1.46. The lowest BCUT2D eigenvalue weighted by Gasteiger charge is -2.26. The quantitative estimate of drug-likeness (QED) is 0.597. The Bertz CT molecular complexity index is 923. The van der Waals surface area contributed by atoms with Gasteiger partial charge in [-0.2, -0.15) is 5.26 Å². The zero-order chi connectivity index (χ0) is 22.2. The van der Waals surface area contributed by atoms with Crippen molar-refractivity contribution < 1.29 is 9.59 Å². The molecule has 0 aromatic heterocycles. The Labute approximate surface area is 183 Å². The van der Waals surface area contributed by atoms with E-state index in [9.17, 15) is 14.9 Å². The largest absolute Gasteiger partial charge is 0.350 e. The van der Waals surface area contributed by atoms with Gasteiger partial charge in [0.1, 0.15) is 6.04 Å². The Balaban J connectivity index is 1.60. The molecule has 0 aliphatic carbocycles. The van der Waals surface area contributed by atoms with E-state index in [-0.39, 0.29) is 24.3 Å². The number of nitrogens with zero attached hydrogens (tertiary/aromatic N) is 2. The summed E-state index contributed by atoms with van der Waals surface area (Å²) in [5, 5.41) is 12.2. The van der Waals surface area contributed by atoms with Gasteiger partial charge in [-0.15, -0.1) is 0 Å². The molecule has 1 heterocycles. The lowest BCUT2D eigenvalue weighted by Crippen LogP contribution is -2.51. The third-order valence-corrected chi connectivity index (χ3v) is 5.70. The number of hydrogen-bond donors (Lipinski definition) is 3. The molecule has 3 atom stereocenters. The van der Waals surface area contributed by atoms with Crippen LogP contribution in [-0.4, -0.2) is 35.3 Å². The molecule has 0 radical (unpaired) electrons. The molecule has 2 aromatic carbocycles. The van der Waals surface area contributed by atoms with E-state index in [1.54, 1.807) is 0 Å². The summed E-state index contributed by atoms with van der Waals surface area (Å²) in [6, 6.07) is 18.3. The van der Waals surface area contributed by atoms with E-state index >= 15 is 0 Å². The molecule has 31 heavy (non-hydrogen) atoms. The molecule has 0 spiro atoms. The lowest BCUT2D eigenvalue weighted by atomic mass is 10.0. The second-order valence-electron chi connectivity index (χ2n) is 7.94. The molecule has 0 saturated carbocycles. The minimum absolute atomic E-state index is 0.234. The molecule has 1 aliphatic rings. The van der Waals surface area contributed by atoms with E-state index in [2.05, 4.69) is 11.4 Å². The van der Waals surface area contributed by atoms with Gasteiger partial charge < -0.3 is 21.7 Å². The van der Waals surface area contributed by atoms with Gasteiger partial charge in [-0.05, 0) is 36.0 Å². The number of amides is 2. The topological polar surface area (TPSA) is 125 Å². The number of likely N-dealkylation sites (tertiary alicyclic amines) is 1.